The Morgan fingerprint density at radius 1 is 1.53 bits per heavy atom. The van der Waals surface area contributed by atoms with E-state index in [9.17, 15) is 9.90 Å². The predicted molar refractivity (Wildman–Crippen MR) is 61.0 cm³/mol. The average molecular weight is 230 g/mol. The van der Waals surface area contributed by atoms with Crippen molar-refractivity contribution in [2.24, 2.45) is 11.7 Å². The summed E-state index contributed by atoms with van der Waals surface area (Å²) in [7, 11) is 2.09. The second-order valence-corrected chi connectivity index (χ2v) is 6.09. The largest absolute Gasteiger partial charge is 0.481 e. The van der Waals surface area contributed by atoms with E-state index in [1.54, 1.807) is 11.8 Å². The first-order chi connectivity index (χ1) is 7.05. The molecule has 3 N–H and O–H groups in total. The molecular weight excluding hydrogens is 212 g/mol. The van der Waals surface area contributed by atoms with Crippen LogP contribution in [0.5, 0.6) is 0 Å². The van der Waals surface area contributed by atoms with Crippen molar-refractivity contribution >= 4 is 17.7 Å². The van der Waals surface area contributed by atoms with Crippen LogP contribution in [0.1, 0.15) is 12.8 Å². The lowest BCUT2D eigenvalue weighted by Crippen LogP contribution is -2.50. The standard InChI is InChI=1S/C10H18N2O2S/c1-12-4-2-10(3-5-12)8(9(13)14)7(11)6-15-10/h7-8H,2-6,11H2,1H3,(H,13,14). The number of nitrogens with two attached hydrogens (primary N) is 1. The van der Waals surface area contributed by atoms with Gasteiger partial charge in [-0.2, -0.15) is 11.8 Å². The smallest absolute Gasteiger partial charge is 0.309 e. The molecule has 0 saturated carbocycles. The number of likely N-dealkylation sites (tertiary alicyclic amines) is 1. The quantitative estimate of drug-likeness (QED) is 0.675. The Morgan fingerprint density at radius 3 is 2.67 bits per heavy atom. The topological polar surface area (TPSA) is 66.6 Å². The van der Waals surface area contributed by atoms with Crippen LogP contribution in [-0.2, 0) is 4.79 Å². The number of piperidine rings is 1. The molecule has 0 radical (unpaired) electrons. The van der Waals surface area contributed by atoms with E-state index >= 15 is 0 Å². The van der Waals surface area contributed by atoms with Crippen molar-refractivity contribution in [1.29, 1.82) is 0 Å². The van der Waals surface area contributed by atoms with Gasteiger partial charge in [0.05, 0.1) is 5.92 Å². The summed E-state index contributed by atoms with van der Waals surface area (Å²) in [5.41, 5.74) is 5.90. The van der Waals surface area contributed by atoms with Crippen LogP contribution in [0.25, 0.3) is 0 Å². The second kappa shape index (κ2) is 3.96. The first-order valence-electron chi connectivity index (χ1n) is 5.36. The molecule has 86 valence electrons. The molecule has 2 unspecified atom stereocenters. The number of rotatable bonds is 1. The van der Waals surface area contributed by atoms with Crippen LogP contribution in [0.4, 0.5) is 0 Å². The summed E-state index contributed by atoms with van der Waals surface area (Å²) in [6.45, 7) is 1.98. The molecule has 2 aliphatic heterocycles. The minimum atomic E-state index is -0.711. The Balaban J connectivity index is 2.16. The average Bonchev–Trinajstić information content (AvgIpc) is 2.49. The number of carboxylic acids is 1. The molecule has 2 fully saturated rings. The third-order valence-electron chi connectivity index (χ3n) is 3.66. The molecule has 1 spiro atoms. The van der Waals surface area contributed by atoms with Crippen LogP contribution in [0.3, 0.4) is 0 Å². The first-order valence-corrected chi connectivity index (χ1v) is 6.35. The number of carboxylic acid groups (broad SMARTS) is 1. The van der Waals surface area contributed by atoms with Crippen molar-refractivity contribution < 1.29 is 9.90 Å². The number of hydrogen-bond donors (Lipinski definition) is 2. The number of aliphatic carboxylic acids is 1. The van der Waals surface area contributed by atoms with Gasteiger partial charge in [0, 0.05) is 16.5 Å². The molecule has 0 aromatic heterocycles. The lowest BCUT2D eigenvalue weighted by atomic mass is 9.80. The van der Waals surface area contributed by atoms with Crippen molar-refractivity contribution in [3.05, 3.63) is 0 Å². The van der Waals surface area contributed by atoms with Crippen LogP contribution < -0.4 is 5.73 Å². The maximum atomic E-state index is 11.3. The van der Waals surface area contributed by atoms with Gasteiger partial charge in [-0.15, -0.1) is 0 Å². The lowest BCUT2D eigenvalue weighted by molar-refractivity contribution is -0.143. The summed E-state index contributed by atoms with van der Waals surface area (Å²) in [6, 6.07) is -0.170. The Bertz CT molecular complexity index is 264. The van der Waals surface area contributed by atoms with E-state index in [-0.39, 0.29) is 16.7 Å². The van der Waals surface area contributed by atoms with Crippen molar-refractivity contribution in [2.45, 2.75) is 23.6 Å². The van der Waals surface area contributed by atoms with E-state index < -0.39 is 5.97 Å². The van der Waals surface area contributed by atoms with Gasteiger partial charge in [-0.1, -0.05) is 0 Å². The van der Waals surface area contributed by atoms with Crippen LogP contribution in [0.15, 0.2) is 0 Å². The maximum absolute atomic E-state index is 11.3. The highest BCUT2D eigenvalue weighted by atomic mass is 32.2. The molecule has 0 amide bonds. The molecule has 4 nitrogen and oxygen atoms in total. The molecular formula is C10H18N2O2S. The number of hydrogen-bond acceptors (Lipinski definition) is 4. The lowest BCUT2D eigenvalue weighted by Gasteiger charge is -2.40. The van der Waals surface area contributed by atoms with Crippen LogP contribution in [0, 0.1) is 5.92 Å². The summed E-state index contributed by atoms with van der Waals surface area (Å²) >= 11 is 1.78. The van der Waals surface area contributed by atoms with Crippen LogP contribution >= 0.6 is 11.8 Å². The van der Waals surface area contributed by atoms with E-state index in [0.29, 0.717) is 0 Å². The molecule has 2 rings (SSSR count). The van der Waals surface area contributed by atoms with Gasteiger partial charge >= 0.3 is 5.97 Å². The van der Waals surface area contributed by atoms with Crippen molar-refractivity contribution in [3.8, 4) is 0 Å². The Hall–Kier alpha value is -0.260. The van der Waals surface area contributed by atoms with E-state index in [1.165, 1.54) is 0 Å². The van der Waals surface area contributed by atoms with Crippen molar-refractivity contribution in [2.75, 3.05) is 25.9 Å². The molecule has 2 heterocycles. The molecule has 0 aromatic carbocycles. The summed E-state index contributed by atoms with van der Waals surface area (Å²) in [4.78, 5) is 13.5. The second-order valence-electron chi connectivity index (χ2n) is 4.66. The van der Waals surface area contributed by atoms with Crippen molar-refractivity contribution in [3.63, 3.8) is 0 Å². The van der Waals surface area contributed by atoms with Gasteiger partial charge in [0.2, 0.25) is 0 Å². The zero-order chi connectivity index (χ0) is 11.1. The summed E-state index contributed by atoms with van der Waals surface area (Å²) in [5, 5.41) is 9.26. The Kier molecular flexibility index (Phi) is 2.96. The van der Waals surface area contributed by atoms with E-state index in [2.05, 4.69) is 11.9 Å². The van der Waals surface area contributed by atoms with Crippen molar-refractivity contribution in [1.82, 2.24) is 4.90 Å². The monoisotopic (exact) mass is 230 g/mol. The van der Waals surface area contributed by atoms with Gasteiger partial charge in [0.15, 0.2) is 0 Å². The number of nitrogens with zero attached hydrogens (tertiary/aromatic N) is 1. The first kappa shape index (κ1) is 11.2. The highest BCUT2D eigenvalue weighted by Crippen LogP contribution is 2.49. The molecule has 0 bridgehead atoms. The van der Waals surface area contributed by atoms with Gasteiger partial charge in [0.1, 0.15) is 0 Å². The zero-order valence-corrected chi connectivity index (χ0v) is 9.80. The number of thioether (sulfide) groups is 1. The highest BCUT2D eigenvalue weighted by molar-refractivity contribution is 8.01. The minimum absolute atomic E-state index is 0.0856. The van der Waals surface area contributed by atoms with Gasteiger partial charge in [-0.25, -0.2) is 0 Å². The van der Waals surface area contributed by atoms with E-state index in [4.69, 9.17) is 5.73 Å². The molecule has 2 aliphatic rings. The van der Waals surface area contributed by atoms with Crippen LogP contribution in [0.2, 0.25) is 0 Å². The van der Waals surface area contributed by atoms with Gasteiger partial charge in [-0.3, -0.25) is 4.79 Å². The zero-order valence-electron chi connectivity index (χ0n) is 8.98. The molecule has 15 heavy (non-hydrogen) atoms. The third kappa shape index (κ3) is 1.88. The number of carbonyl (C=O) groups is 1. The Morgan fingerprint density at radius 2 is 2.13 bits per heavy atom. The molecule has 0 aromatic rings. The molecule has 2 saturated heterocycles. The fourth-order valence-corrected chi connectivity index (χ4v) is 4.34. The molecule has 5 heteroatoms. The minimum Gasteiger partial charge on any atom is -0.481 e. The highest BCUT2D eigenvalue weighted by Gasteiger charge is 2.52. The summed E-state index contributed by atoms with van der Waals surface area (Å²) in [5.74, 6) is -0.269. The summed E-state index contributed by atoms with van der Waals surface area (Å²) in [6.07, 6.45) is 1.91. The van der Waals surface area contributed by atoms with E-state index in [0.717, 1.165) is 31.7 Å². The van der Waals surface area contributed by atoms with Gasteiger partial charge in [0.25, 0.3) is 0 Å². The van der Waals surface area contributed by atoms with Gasteiger partial charge in [-0.05, 0) is 33.0 Å². The normalized spacial score (nSPS) is 35.9. The van der Waals surface area contributed by atoms with Gasteiger partial charge < -0.3 is 15.7 Å². The third-order valence-corrected chi connectivity index (χ3v) is 5.45. The van der Waals surface area contributed by atoms with Crippen LogP contribution in [-0.4, -0.2) is 52.7 Å². The maximum Gasteiger partial charge on any atom is 0.309 e. The summed E-state index contributed by atoms with van der Waals surface area (Å²) < 4.78 is -0.0856. The molecule has 0 aliphatic carbocycles. The SMILES string of the molecule is CN1CCC2(CC1)SCC(N)C2C(=O)O. The van der Waals surface area contributed by atoms with E-state index in [1.807, 2.05) is 0 Å². The Labute approximate surface area is 94.2 Å². The fourth-order valence-electron chi connectivity index (χ4n) is 2.70. The predicted octanol–water partition coefficient (Wildman–Crippen LogP) is 0.226. The fraction of sp³-hybridized carbons (Fsp3) is 0.900. The molecule has 2 atom stereocenters.